The van der Waals surface area contributed by atoms with Gasteiger partial charge >= 0.3 is 0 Å². The van der Waals surface area contributed by atoms with Gasteiger partial charge in [-0.25, -0.2) is 18.1 Å². The van der Waals surface area contributed by atoms with Crippen LogP contribution in [0.2, 0.25) is 0 Å². The fraction of sp³-hybridized carbons (Fsp3) is 0.167. The van der Waals surface area contributed by atoms with E-state index in [0.29, 0.717) is 16.5 Å². The van der Waals surface area contributed by atoms with Gasteiger partial charge in [0.25, 0.3) is 5.91 Å². The predicted molar refractivity (Wildman–Crippen MR) is 76.0 cm³/mol. The van der Waals surface area contributed by atoms with Crippen molar-refractivity contribution in [2.24, 2.45) is 0 Å². The second kappa shape index (κ2) is 5.01. The number of nitrogens with one attached hydrogen (secondary N) is 1. The molecule has 1 aliphatic heterocycles. The summed E-state index contributed by atoms with van der Waals surface area (Å²) in [5, 5.41) is 2.09. The molecule has 2 aromatic rings. The highest BCUT2D eigenvalue weighted by molar-refractivity contribution is 7.89. The van der Waals surface area contributed by atoms with Crippen molar-refractivity contribution >= 4 is 27.3 Å². The summed E-state index contributed by atoms with van der Waals surface area (Å²) in [6.45, 7) is 0.179. The predicted octanol–water partition coefficient (Wildman–Crippen LogP) is 1.23. The van der Waals surface area contributed by atoms with Gasteiger partial charge < -0.3 is 9.47 Å². The summed E-state index contributed by atoms with van der Waals surface area (Å²) in [6, 6.07) is 5.32. The van der Waals surface area contributed by atoms with Gasteiger partial charge in [-0.05, 0) is 18.2 Å². The largest absolute Gasteiger partial charge is 0.454 e. The molecule has 9 heteroatoms. The molecule has 1 N–H and O–H groups in total. The molecule has 110 valence electrons. The van der Waals surface area contributed by atoms with Crippen LogP contribution in [0.3, 0.4) is 0 Å². The molecule has 0 saturated carbocycles. The zero-order chi connectivity index (χ0) is 15.0. The van der Waals surface area contributed by atoms with Crippen molar-refractivity contribution in [1.82, 2.24) is 9.71 Å². The van der Waals surface area contributed by atoms with Crippen molar-refractivity contribution in [2.45, 2.75) is 0 Å². The molecule has 1 aromatic carbocycles. The average Bonchev–Trinajstić information content (AvgIpc) is 3.05. The van der Waals surface area contributed by atoms with Crippen LogP contribution in [0.15, 0.2) is 23.6 Å². The summed E-state index contributed by atoms with van der Waals surface area (Å²) in [6.07, 6.45) is 0.913. The van der Waals surface area contributed by atoms with Crippen LogP contribution in [0.1, 0.15) is 10.5 Å². The molecule has 0 fully saturated rings. The molecule has 7 nitrogen and oxygen atoms in total. The highest BCUT2D eigenvalue weighted by atomic mass is 32.2. The van der Waals surface area contributed by atoms with Gasteiger partial charge in [-0.3, -0.25) is 4.79 Å². The van der Waals surface area contributed by atoms with Crippen molar-refractivity contribution in [3.63, 3.8) is 0 Å². The monoisotopic (exact) mass is 326 g/mol. The van der Waals surface area contributed by atoms with Gasteiger partial charge in [0.05, 0.1) is 6.26 Å². The zero-order valence-corrected chi connectivity index (χ0v) is 12.5. The Hall–Kier alpha value is -2.13. The fourth-order valence-corrected chi connectivity index (χ4v) is 3.00. The number of benzene rings is 1. The lowest BCUT2D eigenvalue weighted by atomic mass is 10.2. The van der Waals surface area contributed by atoms with Crippen LogP contribution in [0, 0.1) is 0 Å². The number of rotatable bonds is 3. The Morgan fingerprint density at radius 2 is 2.10 bits per heavy atom. The topological polar surface area (TPSA) is 94.6 Å². The number of amides is 1. The van der Waals surface area contributed by atoms with E-state index in [4.69, 9.17) is 9.47 Å². The van der Waals surface area contributed by atoms with Crippen LogP contribution in [0.4, 0.5) is 0 Å². The number of carbonyl (C=O) groups excluding carboxylic acids is 1. The number of hydrogen-bond donors (Lipinski definition) is 1. The van der Waals surface area contributed by atoms with Crippen LogP contribution in [-0.4, -0.2) is 32.4 Å². The Morgan fingerprint density at radius 1 is 1.33 bits per heavy atom. The molecule has 0 saturated heterocycles. The standard InChI is InChI=1S/C12H10N2O5S2/c1-21(16,17)14-11(15)8-5-20-12(13-8)7-2-3-9-10(4-7)19-6-18-9/h2-5H,6H2,1H3,(H,14,15). The molecule has 1 aromatic heterocycles. The number of fused-ring (bicyclic) bond motifs is 1. The first kappa shape index (κ1) is 13.8. The van der Waals surface area contributed by atoms with Crippen LogP contribution >= 0.6 is 11.3 Å². The summed E-state index contributed by atoms with van der Waals surface area (Å²) in [5.74, 6) is 0.524. The average molecular weight is 326 g/mol. The molecule has 0 unspecified atom stereocenters. The Kier molecular flexibility index (Phi) is 3.30. The molecule has 0 bridgehead atoms. The molecule has 1 amide bonds. The molecule has 1 aliphatic rings. The first-order valence-electron chi connectivity index (χ1n) is 5.80. The number of carbonyl (C=O) groups is 1. The minimum absolute atomic E-state index is 0.0538. The van der Waals surface area contributed by atoms with E-state index < -0.39 is 15.9 Å². The third kappa shape index (κ3) is 2.98. The van der Waals surface area contributed by atoms with Crippen LogP contribution in [0.5, 0.6) is 11.5 Å². The van der Waals surface area contributed by atoms with Gasteiger partial charge in [0.15, 0.2) is 11.5 Å². The summed E-state index contributed by atoms with van der Waals surface area (Å²) in [5.41, 5.74) is 0.820. The Morgan fingerprint density at radius 3 is 2.86 bits per heavy atom. The van der Waals surface area contributed by atoms with E-state index in [2.05, 4.69) is 4.98 Å². The molecule has 3 rings (SSSR count). The summed E-state index contributed by atoms with van der Waals surface area (Å²) >= 11 is 1.24. The normalized spacial score (nSPS) is 13.2. The SMILES string of the molecule is CS(=O)(=O)NC(=O)c1csc(-c2ccc3c(c2)OCO3)n1. The van der Waals surface area contributed by atoms with Crippen LogP contribution in [0.25, 0.3) is 10.6 Å². The molecule has 0 radical (unpaired) electrons. The van der Waals surface area contributed by atoms with Gasteiger partial charge in [0, 0.05) is 10.9 Å². The zero-order valence-electron chi connectivity index (χ0n) is 10.8. The number of ether oxygens (including phenoxy) is 2. The van der Waals surface area contributed by atoms with E-state index in [-0.39, 0.29) is 12.5 Å². The Labute approximate surface area is 124 Å². The maximum atomic E-state index is 11.7. The first-order valence-corrected chi connectivity index (χ1v) is 8.57. The maximum Gasteiger partial charge on any atom is 0.284 e. The molecular weight excluding hydrogens is 316 g/mol. The highest BCUT2D eigenvalue weighted by Crippen LogP contribution is 2.36. The molecule has 21 heavy (non-hydrogen) atoms. The van der Waals surface area contributed by atoms with Crippen LogP contribution in [-0.2, 0) is 10.0 Å². The van der Waals surface area contributed by atoms with E-state index in [9.17, 15) is 13.2 Å². The van der Waals surface area contributed by atoms with E-state index in [1.165, 1.54) is 16.7 Å². The highest BCUT2D eigenvalue weighted by Gasteiger charge is 2.18. The van der Waals surface area contributed by atoms with E-state index >= 15 is 0 Å². The lowest BCUT2D eigenvalue weighted by molar-refractivity contribution is 0.0977. The van der Waals surface area contributed by atoms with Crippen molar-refractivity contribution in [1.29, 1.82) is 0 Å². The van der Waals surface area contributed by atoms with Gasteiger partial charge in [-0.1, -0.05) is 0 Å². The van der Waals surface area contributed by atoms with E-state index in [1.807, 2.05) is 4.72 Å². The second-order valence-corrected chi connectivity index (χ2v) is 6.92. The Bertz CT molecular complexity index is 813. The quantitative estimate of drug-likeness (QED) is 0.911. The van der Waals surface area contributed by atoms with Gasteiger partial charge in [-0.15, -0.1) is 11.3 Å². The number of thiazole rings is 1. The molecule has 0 atom stereocenters. The summed E-state index contributed by atoms with van der Waals surface area (Å²) in [4.78, 5) is 15.8. The molecule has 0 aliphatic carbocycles. The van der Waals surface area contributed by atoms with Crippen molar-refractivity contribution < 1.29 is 22.7 Å². The van der Waals surface area contributed by atoms with Crippen molar-refractivity contribution in [3.8, 4) is 22.1 Å². The lowest BCUT2D eigenvalue weighted by Gasteiger charge is -2.00. The van der Waals surface area contributed by atoms with Gasteiger partial charge in [0.2, 0.25) is 16.8 Å². The maximum absolute atomic E-state index is 11.7. The first-order chi connectivity index (χ1) is 9.92. The number of nitrogens with zero attached hydrogens (tertiary/aromatic N) is 1. The van der Waals surface area contributed by atoms with Gasteiger partial charge in [0.1, 0.15) is 10.7 Å². The molecular formula is C12H10N2O5S2. The Balaban J connectivity index is 1.86. The van der Waals surface area contributed by atoms with E-state index in [1.54, 1.807) is 18.2 Å². The number of hydrogen-bond acceptors (Lipinski definition) is 7. The molecule has 2 heterocycles. The summed E-state index contributed by atoms with van der Waals surface area (Å²) < 4.78 is 34.4. The lowest BCUT2D eigenvalue weighted by Crippen LogP contribution is -2.29. The number of aromatic nitrogens is 1. The van der Waals surface area contributed by atoms with Crippen molar-refractivity contribution in [3.05, 3.63) is 29.3 Å². The number of sulfonamides is 1. The van der Waals surface area contributed by atoms with Crippen molar-refractivity contribution in [2.75, 3.05) is 13.0 Å². The summed E-state index contributed by atoms with van der Waals surface area (Å²) in [7, 11) is -3.61. The minimum atomic E-state index is -3.61. The second-order valence-electron chi connectivity index (χ2n) is 4.31. The van der Waals surface area contributed by atoms with E-state index in [0.717, 1.165) is 11.8 Å². The third-order valence-electron chi connectivity index (χ3n) is 2.63. The molecule has 0 spiro atoms. The fourth-order valence-electron chi connectivity index (χ4n) is 1.76. The van der Waals surface area contributed by atoms with Crippen LogP contribution < -0.4 is 14.2 Å². The smallest absolute Gasteiger partial charge is 0.284 e. The minimum Gasteiger partial charge on any atom is -0.454 e. The van der Waals surface area contributed by atoms with Gasteiger partial charge in [-0.2, -0.15) is 0 Å². The third-order valence-corrected chi connectivity index (χ3v) is 4.08.